The highest BCUT2D eigenvalue weighted by Crippen LogP contribution is 2.32. The summed E-state index contributed by atoms with van der Waals surface area (Å²) in [6, 6.07) is 7.45. The minimum atomic E-state index is -5.08. The Hall–Kier alpha value is -4.46. The van der Waals surface area contributed by atoms with Gasteiger partial charge in [-0.1, -0.05) is 11.6 Å². The number of methoxy groups -OCH3 is 2. The number of benzene rings is 2. The number of nitrogens with zero attached hydrogens (tertiary/aromatic N) is 3. The number of carbonyl (C=O) groups is 2. The van der Waals surface area contributed by atoms with Crippen molar-refractivity contribution in [1.29, 1.82) is 0 Å². The fraction of sp³-hybridized carbons (Fsp3) is 0.130. The Labute approximate surface area is 215 Å². The van der Waals surface area contributed by atoms with Crippen LogP contribution in [0.1, 0.15) is 10.4 Å². The van der Waals surface area contributed by atoms with Crippen LogP contribution in [0.4, 0.5) is 33.5 Å². The number of hydrogen-bond donors (Lipinski definition) is 2. The third-order valence-corrected chi connectivity index (χ3v) is 5.16. The standard InChI is InChI=1S/C21H15ClF2N4O3.C2HF3O2/c1-30-16-6-5-13(17(23)18(16)24)15-10-26-20-19(25-7-8-28(15)20)27-11-3-4-12(14(22)9-11)21(29)31-2;3-2(4,5)1(6)7/h3-10H,1-2H3,(H,25,27);(H,6,7). The van der Waals surface area contributed by atoms with E-state index < -0.39 is 29.7 Å². The van der Waals surface area contributed by atoms with Crippen molar-refractivity contribution in [1.82, 2.24) is 14.4 Å². The van der Waals surface area contributed by atoms with Gasteiger partial charge in [-0.2, -0.15) is 17.6 Å². The molecule has 0 saturated carbocycles. The van der Waals surface area contributed by atoms with Crippen molar-refractivity contribution in [3.05, 3.63) is 71.1 Å². The van der Waals surface area contributed by atoms with Crippen molar-refractivity contribution in [3.63, 3.8) is 0 Å². The van der Waals surface area contributed by atoms with Gasteiger partial charge in [-0.15, -0.1) is 0 Å². The van der Waals surface area contributed by atoms with Crippen LogP contribution in [0.2, 0.25) is 5.02 Å². The van der Waals surface area contributed by atoms with Gasteiger partial charge in [-0.05, 0) is 30.3 Å². The van der Waals surface area contributed by atoms with Crippen molar-refractivity contribution in [3.8, 4) is 17.0 Å². The van der Waals surface area contributed by atoms with E-state index in [0.717, 1.165) is 0 Å². The molecule has 0 radical (unpaired) electrons. The molecule has 0 fully saturated rings. The summed E-state index contributed by atoms with van der Waals surface area (Å²) in [5.41, 5.74) is 1.50. The fourth-order valence-corrected chi connectivity index (χ4v) is 3.36. The summed E-state index contributed by atoms with van der Waals surface area (Å²) in [5.74, 6) is -5.27. The lowest BCUT2D eigenvalue weighted by atomic mass is 10.1. The van der Waals surface area contributed by atoms with E-state index in [1.807, 2.05) is 0 Å². The normalized spacial score (nSPS) is 10.9. The quantitative estimate of drug-likeness (QED) is 0.244. The first kappa shape index (κ1) is 28.1. The van der Waals surface area contributed by atoms with Gasteiger partial charge < -0.3 is 19.9 Å². The van der Waals surface area contributed by atoms with Crippen LogP contribution >= 0.6 is 11.6 Å². The molecule has 2 N–H and O–H groups in total. The number of imidazole rings is 1. The van der Waals surface area contributed by atoms with Gasteiger partial charge in [0.05, 0.1) is 36.7 Å². The average Bonchev–Trinajstić information content (AvgIpc) is 3.30. The van der Waals surface area contributed by atoms with Gasteiger partial charge >= 0.3 is 18.1 Å². The number of ether oxygens (including phenoxy) is 2. The van der Waals surface area contributed by atoms with Crippen LogP contribution in [0, 0.1) is 11.6 Å². The van der Waals surface area contributed by atoms with Crippen molar-refractivity contribution >= 4 is 40.7 Å². The summed E-state index contributed by atoms with van der Waals surface area (Å²) in [5, 5.41) is 10.4. The van der Waals surface area contributed by atoms with Crippen LogP contribution in [-0.4, -0.2) is 51.8 Å². The summed E-state index contributed by atoms with van der Waals surface area (Å²) >= 11 is 6.16. The molecule has 0 unspecified atom stereocenters. The predicted molar refractivity (Wildman–Crippen MR) is 125 cm³/mol. The minimum Gasteiger partial charge on any atom is -0.494 e. The average molecular weight is 559 g/mol. The van der Waals surface area contributed by atoms with Gasteiger partial charge in [-0.25, -0.2) is 23.9 Å². The zero-order chi connectivity index (χ0) is 28.2. The summed E-state index contributed by atoms with van der Waals surface area (Å²) in [7, 11) is 2.53. The maximum atomic E-state index is 14.6. The third kappa shape index (κ3) is 5.91. The SMILES string of the molecule is COC(=O)c1ccc(Nc2nccn3c(-c4ccc(OC)c(F)c4F)cnc23)cc1Cl.O=C(O)C(F)(F)F. The summed E-state index contributed by atoms with van der Waals surface area (Å²) in [4.78, 5) is 29.1. The van der Waals surface area contributed by atoms with Crippen molar-refractivity contribution in [2.45, 2.75) is 6.18 Å². The third-order valence-electron chi connectivity index (χ3n) is 4.85. The van der Waals surface area contributed by atoms with Crippen LogP contribution < -0.4 is 10.1 Å². The Morgan fingerprint density at radius 1 is 1.08 bits per heavy atom. The van der Waals surface area contributed by atoms with Gasteiger partial charge in [0.1, 0.15) is 0 Å². The number of nitrogens with one attached hydrogen (secondary N) is 1. The molecule has 0 aliphatic rings. The van der Waals surface area contributed by atoms with E-state index in [0.29, 0.717) is 22.8 Å². The van der Waals surface area contributed by atoms with E-state index in [1.54, 1.807) is 22.7 Å². The molecule has 4 rings (SSSR count). The molecule has 15 heteroatoms. The Morgan fingerprint density at radius 3 is 2.34 bits per heavy atom. The van der Waals surface area contributed by atoms with Crippen LogP contribution in [0.3, 0.4) is 0 Å². The highest BCUT2D eigenvalue weighted by atomic mass is 35.5. The number of alkyl halides is 3. The molecular formula is C23H16ClF5N4O5. The van der Waals surface area contributed by atoms with Gasteiger partial charge in [0.2, 0.25) is 5.82 Å². The van der Waals surface area contributed by atoms with Gasteiger partial charge in [0.25, 0.3) is 0 Å². The Bertz CT molecular complexity index is 1510. The van der Waals surface area contributed by atoms with Gasteiger partial charge in [0, 0.05) is 23.6 Å². The number of rotatable bonds is 5. The largest absolute Gasteiger partial charge is 0.494 e. The van der Waals surface area contributed by atoms with Crippen molar-refractivity contribution in [2.75, 3.05) is 19.5 Å². The second-order valence-corrected chi connectivity index (χ2v) is 7.58. The summed E-state index contributed by atoms with van der Waals surface area (Å²) < 4.78 is 71.6. The molecule has 2 aromatic carbocycles. The number of hydrogen-bond acceptors (Lipinski definition) is 7. The molecular weight excluding hydrogens is 543 g/mol. The molecule has 0 amide bonds. The second-order valence-electron chi connectivity index (χ2n) is 7.17. The molecule has 200 valence electrons. The van der Waals surface area contributed by atoms with E-state index in [2.05, 4.69) is 20.0 Å². The van der Waals surface area contributed by atoms with Crippen LogP contribution in [0.15, 0.2) is 48.9 Å². The van der Waals surface area contributed by atoms with Crippen LogP contribution in [0.25, 0.3) is 16.9 Å². The minimum absolute atomic E-state index is 0.0217. The lowest BCUT2D eigenvalue weighted by Crippen LogP contribution is -2.21. The molecule has 2 heterocycles. The highest BCUT2D eigenvalue weighted by molar-refractivity contribution is 6.33. The topological polar surface area (TPSA) is 115 Å². The number of esters is 1. The van der Waals surface area contributed by atoms with E-state index in [-0.39, 0.29) is 21.9 Å². The van der Waals surface area contributed by atoms with Crippen molar-refractivity contribution < 1.29 is 46.1 Å². The van der Waals surface area contributed by atoms with Crippen LogP contribution in [0.5, 0.6) is 5.75 Å². The fourth-order valence-electron chi connectivity index (χ4n) is 3.10. The molecule has 38 heavy (non-hydrogen) atoms. The molecule has 4 aromatic rings. The molecule has 2 aromatic heterocycles. The molecule has 0 aliphatic heterocycles. The monoisotopic (exact) mass is 558 g/mol. The first-order valence-corrected chi connectivity index (χ1v) is 10.6. The number of halogens is 6. The molecule has 0 atom stereocenters. The van der Waals surface area contributed by atoms with Gasteiger partial charge in [-0.3, -0.25) is 4.40 Å². The predicted octanol–water partition coefficient (Wildman–Crippen LogP) is 5.50. The van der Waals surface area contributed by atoms with E-state index >= 15 is 0 Å². The molecule has 9 nitrogen and oxygen atoms in total. The van der Waals surface area contributed by atoms with E-state index in [4.69, 9.17) is 26.2 Å². The first-order chi connectivity index (χ1) is 17.9. The molecule has 0 saturated heterocycles. The number of anilines is 2. The number of carbonyl (C=O) groups excluding carboxylic acids is 1. The number of fused-ring (bicyclic) bond motifs is 1. The molecule has 0 bridgehead atoms. The zero-order valence-electron chi connectivity index (χ0n) is 19.3. The number of carboxylic acid groups (broad SMARTS) is 1. The Kier molecular flexibility index (Phi) is 8.36. The summed E-state index contributed by atoms with van der Waals surface area (Å²) in [6.07, 6.45) is -0.597. The number of aliphatic carboxylic acids is 1. The lowest BCUT2D eigenvalue weighted by molar-refractivity contribution is -0.192. The Morgan fingerprint density at radius 2 is 1.76 bits per heavy atom. The summed E-state index contributed by atoms with van der Waals surface area (Å²) in [6.45, 7) is 0. The van der Waals surface area contributed by atoms with Gasteiger partial charge in [0.15, 0.2) is 23.0 Å². The van der Waals surface area contributed by atoms with E-state index in [1.165, 1.54) is 44.8 Å². The smallest absolute Gasteiger partial charge is 0.490 e. The highest BCUT2D eigenvalue weighted by Gasteiger charge is 2.38. The second kappa shape index (κ2) is 11.3. The first-order valence-electron chi connectivity index (χ1n) is 10.2. The van der Waals surface area contributed by atoms with Crippen LogP contribution in [-0.2, 0) is 9.53 Å². The number of carboxylic acids is 1. The zero-order valence-corrected chi connectivity index (χ0v) is 20.1. The van der Waals surface area contributed by atoms with Crippen molar-refractivity contribution in [2.24, 2.45) is 0 Å². The Balaban J connectivity index is 0.000000505. The lowest BCUT2D eigenvalue weighted by Gasteiger charge is -2.10. The molecule has 0 spiro atoms. The maximum absolute atomic E-state index is 14.6. The maximum Gasteiger partial charge on any atom is 0.490 e. The van der Waals surface area contributed by atoms with E-state index in [9.17, 15) is 26.7 Å². The molecule has 0 aliphatic carbocycles. The number of aromatic nitrogens is 3.